The molecule has 2 heteroatoms. The van der Waals surface area contributed by atoms with Crippen molar-refractivity contribution in [2.75, 3.05) is 0 Å². The maximum Gasteiger partial charge on any atom is 0.0602 e. The van der Waals surface area contributed by atoms with Gasteiger partial charge in [0.2, 0.25) is 0 Å². The maximum atomic E-state index is 4.02. The number of allylic oxidation sites excluding steroid dienone is 1. The Morgan fingerprint density at radius 1 is 1.18 bits per heavy atom. The molecule has 1 aromatic carbocycles. The first-order valence-electron chi connectivity index (χ1n) is 6.12. The Bertz CT molecular complexity index is 362. The normalized spacial score (nSPS) is 14.4. The second kappa shape index (κ2) is 5.45. The summed E-state index contributed by atoms with van der Waals surface area (Å²) in [5.74, 6) is 0. The Morgan fingerprint density at radius 3 is 2.12 bits per heavy atom. The van der Waals surface area contributed by atoms with Gasteiger partial charge in [-0.15, -0.1) is 18.3 Å². The van der Waals surface area contributed by atoms with Crippen LogP contribution in [0.5, 0.6) is 0 Å². The zero-order valence-corrected chi connectivity index (χ0v) is 13.5. The quantitative estimate of drug-likeness (QED) is 0.398. The van der Waals surface area contributed by atoms with Crippen molar-refractivity contribution >= 4 is 19.8 Å². The van der Waals surface area contributed by atoms with Gasteiger partial charge in [0.15, 0.2) is 0 Å². The fourth-order valence-corrected chi connectivity index (χ4v) is 7.35. The first-order valence-corrected chi connectivity index (χ1v) is 10.6. The van der Waals surface area contributed by atoms with E-state index in [0.717, 1.165) is 0 Å². The summed E-state index contributed by atoms with van der Waals surface area (Å²) in [7, 11) is -1.23. The van der Waals surface area contributed by atoms with Gasteiger partial charge in [-0.2, -0.15) is 0 Å². The van der Waals surface area contributed by atoms with Gasteiger partial charge in [0.05, 0.1) is 8.07 Å². The van der Waals surface area contributed by atoms with Gasteiger partial charge >= 0.3 is 0 Å². The monoisotopic (exact) mass is 264 g/mol. The van der Waals surface area contributed by atoms with E-state index in [1.807, 2.05) is 11.8 Å². The molecule has 94 valence electrons. The van der Waals surface area contributed by atoms with Crippen LogP contribution in [0.15, 0.2) is 47.9 Å². The van der Waals surface area contributed by atoms with Gasteiger partial charge in [-0.05, 0) is 17.5 Å². The van der Waals surface area contributed by atoms with E-state index in [9.17, 15) is 0 Å². The maximum absolute atomic E-state index is 4.02. The molecule has 0 aromatic heterocycles. The molecule has 0 bridgehead atoms. The summed E-state index contributed by atoms with van der Waals surface area (Å²) in [5.41, 5.74) is 0.185. The van der Waals surface area contributed by atoms with E-state index in [1.165, 1.54) is 4.90 Å². The Morgan fingerprint density at radius 2 is 1.71 bits per heavy atom. The third-order valence-electron chi connectivity index (χ3n) is 2.99. The smallest absolute Gasteiger partial charge is 0.0602 e. The summed E-state index contributed by atoms with van der Waals surface area (Å²) < 4.78 is 0. The molecule has 0 nitrogen and oxygen atoms in total. The highest BCUT2D eigenvalue weighted by Gasteiger charge is 2.38. The number of hydrogen-bond acceptors (Lipinski definition) is 1. The van der Waals surface area contributed by atoms with Crippen LogP contribution in [-0.4, -0.2) is 12.9 Å². The SMILES string of the molecule is C=CC(C)(C)C(Sc1ccccc1)[Si](C)(C)C. The van der Waals surface area contributed by atoms with Crippen LogP contribution in [0.1, 0.15) is 13.8 Å². The van der Waals surface area contributed by atoms with Crippen molar-refractivity contribution in [2.45, 2.75) is 43.3 Å². The van der Waals surface area contributed by atoms with Gasteiger partial charge in [-0.3, -0.25) is 0 Å². The first-order chi connectivity index (χ1) is 7.77. The fraction of sp³-hybridized carbons (Fsp3) is 0.467. The lowest BCUT2D eigenvalue weighted by Gasteiger charge is -2.39. The highest BCUT2D eigenvalue weighted by molar-refractivity contribution is 8.01. The van der Waals surface area contributed by atoms with Gasteiger partial charge in [0.1, 0.15) is 0 Å². The van der Waals surface area contributed by atoms with Crippen LogP contribution in [-0.2, 0) is 0 Å². The minimum atomic E-state index is -1.23. The van der Waals surface area contributed by atoms with E-state index < -0.39 is 8.07 Å². The molecule has 1 unspecified atom stereocenters. The zero-order valence-electron chi connectivity index (χ0n) is 11.7. The lowest BCUT2D eigenvalue weighted by atomic mass is 9.97. The van der Waals surface area contributed by atoms with Crippen LogP contribution in [0.4, 0.5) is 0 Å². The van der Waals surface area contributed by atoms with Crippen molar-refractivity contribution in [1.82, 2.24) is 0 Å². The topological polar surface area (TPSA) is 0 Å². The molecule has 1 rings (SSSR count). The predicted molar refractivity (Wildman–Crippen MR) is 83.4 cm³/mol. The lowest BCUT2D eigenvalue weighted by molar-refractivity contribution is 0.518. The number of thioether (sulfide) groups is 1. The molecule has 0 spiro atoms. The molecule has 0 aliphatic carbocycles. The van der Waals surface area contributed by atoms with Crippen LogP contribution >= 0.6 is 11.8 Å². The molecule has 1 aromatic rings. The minimum Gasteiger partial charge on any atom is -0.125 e. The van der Waals surface area contributed by atoms with Gasteiger partial charge in [-0.1, -0.05) is 57.8 Å². The average Bonchev–Trinajstić information content (AvgIpc) is 2.25. The highest BCUT2D eigenvalue weighted by atomic mass is 32.2. The number of hydrogen-bond donors (Lipinski definition) is 0. The third kappa shape index (κ3) is 4.04. The Balaban J connectivity index is 2.98. The summed E-state index contributed by atoms with van der Waals surface area (Å²) in [6.45, 7) is 16.0. The summed E-state index contributed by atoms with van der Waals surface area (Å²) in [6, 6.07) is 10.7. The molecule has 0 saturated heterocycles. The molecule has 0 radical (unpaired) electrons. The molecule has 0 amide bonds. The van der Waals surface area contributed by atoms with Crippen molar-refractivity contribution < 1.29 is 0 Å². The van der Waals surface area contributed by atoms with Crippen molar-refractivity contribution in [1.29, 1.82) is 0 Å². The van der Waals surface area contributed by atoms with E-state index >= 15 is 0 Å². The average molecular weight is 265 g/mol. The molecule has 0 N–H and O–H groups in total. The standard InChI is InChI=1S/C15H24SSi/c1-7-15(2,3)14(17(4,5)6)16-13-11-9-8-10-12-13/h7-12,14H,1H2,2-6H3. The molecular formula is C15H24SSi. The largest absolute Gasteiger partial charge is 0.125 e. The van der Waals surface area contributed by atoms with Crippen LogP contribution in [0.2, 0.25) is 19.6 Å². The van der Waals surface area contributed by atoms with E-state index in [0.29, 0.717) is 4.87 Å². The van der Waals surface area contributed by atoms with Crippen LogP contribution in [0.3, 0.4) is 0 Å². The second-order valence-corrected chi connectivity index (χ2v) is 13.1. The van der Waals surface area contributed by atoms with Crippen LogP contribution < -0.4 is 0 Å². The Kier molecular flexibility index (Phi) is 4.67. The lowest BCUT2D eigenvalue weighted by Crippen LogP contribution is -2.45. The van der Waals surface area contributed by atoms with Gasteiger partial charge in [0, 0.05) is 9.77 Å². The molecule has 17 heavy (non-hydrogen) atoms. The second-order valence-electron chi connectivity index (χ2n) is 6.20. The molecule has 0 fully saturated rings. The fourth-order valence-electron chi connectivity index (χ4n) is 2.19. The van der Waals surface area contributed by atoms with Crippen molar-refractivity contribution in [3.8, 4) is 0 Å². The van der Waals surface area contributed by atoms with E-state index in [-0.39, 0.29) is 5.41 Å². The van der Waals surface area contributed by atoms with Gasteiger partial charge in [0.25, 0.3) is 0 Å². The van der Waals surface area contributed by atoms with E-state index in [2.05, 4.69) is 76.5 Å². The Hall–Kier alpha value is -0.473. The van der Waals surface area contributed by atoms with E-state index in [4.69, 9.17) is 0 Å². The first kappa shape index (κ1) is 14.6. The molecule has 0 saturated carbocycles. The van der Waals surface area contributed by atoms with E-state index in [1.54, 1.807) is 0 Å². The third-order valence-corrected chi connectivity index (χ3v) is 9.17. The number of rotatable bonds is 5. The van der Waals surface area contributed by atoms with Gasteiger partial charge in [-0.25, -0.2) is 0 Å². The summed E-state index contributed by atoms with van der Waals surface area (Å²) in [5, 5.41) is 0. The summed E-state index contributed by atoms with van der Waals surface area (Å²) >= 11 is 2.02. The summed E-state index contributed by atoms with van der Waals surface area (Å²) in [4.78, 5) is 2.02. The van der Waals surface area contributed by atoms with Crippen molar-refractivity contribution in [3.63, 3.8) is 0 Å². The van der Waals surface area contributed by atoms with Crippen molar-refractivity contribution in [3.05, 3.63) is 43.0 Å². The van der Waals surface area contributed by atoms with Gasteiger partial charge < -0.3 is 0 Å². The van der Waals surface area contributed by atoms with Crippen LogP contribution in [0.25, 0.3) is 0 Å². The van der Waals surface area contributed by atoms with Crippen LogP contribution in [0, 0.1) is 5.41 Å². The molecule has 0 heterocycles. The molecule has 0 aliphatic heterocycles. The number of benzene rings is 1. The Labute approximate surface area is 112 Å². The molecular weight excluding hydrogens is 240 g/mol. The highest BCUT2D eigenvalue weighted by Crippen LogP contribution is 2.41. The molecule has 1 atom stereocenters. The van der Waals surface area contributed by atoms with Crippen molar-refractivity contribution in [2.24, 2.45) is 5.41 Å². The molecule has 0 aliphatic rings. The zero-order chi connectivity index (χ0) is 13.1. The minimum absolute atomic E-state index is 0.185. The predicted octanol–water partition coefficient (Wildman–Crippen LogP) is 5.24. The summed E-state index contributed by atoms with van der Waals surface area (Å²) in [6.07, 6.45) is 2.12.